The second-order valence-electron chi connectivity index (χ2n) is 5.27. The third-order valence-corrected chi connectivity index (χ3v) is 3.92. The molecule has 1 amide bonds. The summed E-state index contributed by atoms with van der Waals surface area (Å²) in [5.41, 5.74) is 5.42. The molecule has 0 radical (unpaired) electrons. The molecule has 4 rings (SSSR count). The zero-order valence-electron chi connectivity index (χ0n) is 12.1. The summed E-state index contributed by atoms with van der Waals surface area (Å²) >= 11 is 0. The molecule has 5 nitrogen and oxygen atoms in total. The second kappa shape index (κ2) is 4.80. The average Bonchev–Trinajstić information content (AvgIpc) is 2.98. The topological polar surface area (TPSA) is 59.8 Å². The van der Waals surface area contributed by atoms with Gasteiger partial charge in [-0.15, -0.1) is 0 Å². The SMILES string of the molecule is Cc1ncccc1-c1cnc2c(c1)-n1cccc1C(=O)NC2. The van der Waals surface area contributed by atoms with Crippen LogP contribution in [0.2, 0.25) is 0 Å². The highest BCUT2D eigenvalue weighted by Crippen LogP contribution is 2.27. The van der Waals surface area contributed by atoms with Gasteiger partial charge in [0.1, 0.15) is 5.69 Å². The van der Waals surface area contributed by atoms with Crippen molar-refractivity contribution in [1.82, 2.24) is 19.9 Å². The van der Waals surface area contributed by atoms with Gasteiger partial charge in [0.2, 0.25) is 0 Å². The number of aromatic nitrogens is 3. The number of nitrogens with one attached hydrogen (secondary N) is 1. The number of nitrogens with zero attached hydrogens (tertiary/aromatic N) is 3. The predicted octanol–water partition coefficient (Wildman–Crippen LogP) is 2.49. The van der Waals surface area contributed by atoms with Crippen LogP contribution >= 0.6 is 0 Å². The number of fused-ring (bicyclic) bond motifs is 3. The number of aryl methyl sites for hydroxylation is 1. The fourth-order valence-electron chi connectivity index (χ4n) is 2.79. The van der Waals surface area contributed by atoms with Gasteiger partial charge in [-0.2, -0.15) is 0 Å². The van der Waals surface area contributed by atoms with Gasteiger partial charge in [0.25, 0.3) is 5.91 Å². The van der Waals surface area contributed by atoms with Crippen LogP contribution in [0.3, 0.4) is 0 Å². The number of hydrogen-bond acceptors (Lipinski definition) is 3. The maximum atomic E-state index is 12.1. The van der Waals surface area contributed by atoms with Gasteiger partial charge in [-0.1, -0.05) is 6.07 Å². The second-order valence-corrected chi connectivity index (χ2v) is 5.27. The summed E-state index contributed by atoms with van der Waals surface area (Å²) in [6.07, 6.45) is 5.51. The minimum atomic E-state index is -0.0814. The Morgan fingerprint density at radius 2 is 2.14 bits per heavy atom. The Morgan fingerprint density at radius 3 is 3.00 bits per heavy atom. The average molecular weight is 290 g/mol. The molecule has 1 N–H and O–H groups in total. The Bertz CT molecular complexity index is 882. The van der Waals surface area contributed by atoms with E-state index in [1.807, 2.05) is 48.1 Å². The molecule has 0 fully saturated rings. The largest absolute Gasteiger partial charge is 0.345 e. The Balaban J connectivity index is 1.93. The van der Waals surface area contributed by atoms with E-state index in [9.17, 15) is 4.79 Å². The van der Waals surface area contributed by atoms with E-state index in [0.717, 1.165) is 28.2 Å². The van der Waals surface area contributed by atoms with Crippen LogP contribution in [0.25, 0.3) is 16.8 Å². The first-order valence-corrected chi connectivity index (χ1v) is 7.11. The molecule has 108 valence electrons. The first kappa shape index (κ1) is 12.8. The molecule has 0 saturated heterocycles. The number of rotatable bonds is 1. The number of pyridine rings is 2. The van der Waals surface area contributed by atoms with Gasteiger partial charge in [0, 0.05) is 35.4 Å². The molecule has 4 heterocycles. The lowest BCUT2D eigenvalue weighted by molar-refractivity contribution is 0.0946. The standard InChI is InChI=1S/C17H14N4O/c1-11-13(4-2-6-18-11)12-8-16-14(19-9-12)10-20-17(22)15-5-3-7-21(15)16/h2-9H,10H2,1H3,(H,20,22). The van der Waals surface area contributed by atoms with Gasteiger partial charge in [-0.3, -0.25) is 14.8 Å². The minimum absolute atomic E-state index is 0.0814. The molecule has 0 atom stereocenters. The van der Waals surface area contributed by atoms with Crippen molar-refractivity contribution in [2.45, 2.75) is 13.5 Å². The van der Waals surface area contributed by atoms with Crippen molar-refractivity contribution in [1.29, 1.82) is 0 Å². The van der Waals surface area contributed by atoms with Crippen LogP contribution in [0.4, 0.5) is 0 Å². The fraction of sp³-hybridized carbons (Fsp3) is 0.118. The highest BCUT2D eigenvalue weighted by molar-refractivity contribution is 5.94. The summed E-state index contributed by atoms with van der Waals surface area (Å²) < 4.78 is 1.89. The van der Waals surface area contributed by atoms with Crippen LogP contribution in [0.15, 0.2) is 48.9 Å². The summed E-state index contributed by atoms with van der Waals surface area (Å²) in [5.74, 6) is -0.0814. The third kappa shape index (κ3) is 1.90. The molecule has 22 heavy (non-hydrogen) atoms. The van der Waals surface area contributed by atoms with Crippen LogP contribution in [-0.4, -0.2) is 20.4 Å². The van der Waals surface area contributed by atoms with Crippen molar-refractivity contribution in [3.8, 4) is 16.8 Å². The van der Waals surface area contributed by atoms with E-state index in [-0.39, 0.29) is 5.91 Å². The van der Waals surface area contributed by atoms with E-state index < -0.39 is 0 Å². The molecule has 0 aliphatic carbocycles. The molecule has 3 aromatic heterocycles. The molecular weight excluding hydrogens is 276 g/mol. The molecule has 0 saturated carbocycles. The van der Waals surface area contributed by atoms with Gasteiger partial charge in [0.05, 0.1) is 17.9 Å². The van der Waals surface area contributed by atoms with E-state index >= 15 is 0 Å². The lowest BCUT2D eigenvalue weighted by Crippen LogP contribution is -2.21. The Hall–Kier alpha value is -2.95. The van der Waals surface area contributed by atoms with Crippen molar-refractivity contribution in [3.05, 3.63) is 66.0 Å². The van der Waals surface area contributed by atoms with Gasteiger partial charge >= 0.3 is 0 Å². The van der Waals surface area contributed by atoms with E-state index in [2.05, 4.69) is 21.4 Å². The number of hydrogen-bond donors (Lipinski definition) is 1. The zero-order chi connectivity index (χ0) is 15.1. The van der Waals surface area contributed by atoms with Gasteiger partial charge in [-0.05, 0) is 31.2 Å². The quantitative estimate of drug-likeness (QED) is 0.749. The van der Waals surface area contributed by atoms with Crippen molar-refractivity contribution in [3.63, 3.8) is 0 Å². The fourth-order valence-corrected chi connectivity index (χ4v) is 2.79. The summed E-state index contributed by atoms with van der Waals surface area (Å²) in [7, 11) is 0. The predicted molar refractivity (Wildman–Crippen MR) is 82.7 cm³/mol. The molecule has 1 aliphatic heterocycles. The van der Waals surface area contributed by atoms with Crippen LogP contribution in [0.5, 0.6) is 0 Å². The van der Waals surface area contributed by atoms with Crippen LogP contribution < -0.4 is 5.32 Å². The van der Waals surface area contributed by atoms with Gasteiger partial charge in [0.15, 0.2) is 0 Å². The monoisotopic (exact) mass is 290 g/mol. The lowest BCUT2D eigenvalue weighted by atomic mass is 10.1. The maximum Gasteiger partial charge on any atom is 0.268 e. The normalized spacial score (nSPS) is 13.0. The highest BCUT2D eigenvalue weighted by Gasteiger charge is 2.20. The molecule has 0 spiro atoms. The molecular formula is C17H14N4O. The Kier molecular flexibility index (Phi) is 2.79. The summed E-state index contributed by atoms with van der Waals surface area (Å²) in [4.78, 5) is 21.0. The maximum absolute atomic E-state index is 12.1. The van der Waals surface area contributed by atoms with E-state index in [0.29, 0.717) is 12.2 Å². The van der Waals surface area contributed by atoms with E-state index in [1.54, 1.807) is 6.20 Å². The lowest BCUT2D eigenvalue weighted by Gasteiger charge is -2.11. The number of amides is 1. The molecule has 1 aliphatic rings. The van der Waals surface area contributed by atoms with Crippen molar-refractivity contribution in [2.24, 2.45) is 0 Å². The van der Waals surface area contributed by atoms with Crippen LogP contribution in [0.1, 0.15) is 21.9 Å². The highest BCUT2D eigenvalue weighted by atomic mass is 16.1. The van der Waals surface area contributed by atoms with E-state index in [1.165, 1.54) is 0 Å². The van der Waals surface area contributed by atoms with Crippen molar-refractivity contribution in [2.75, 3.05) is 0 Å². The third-order valence-electron chi connectivity index (χ3n) is 3.92. The molecule has 0 unspecified atom stereocenters. The van der Waals surface area contributed by atoms with Gasteiger partial charge < -0.3 is 9.88 Å². The Labute approximate surface area is 127 Å². The smallest absolute Gasteiger partial charge is 0.268 e. The Morgan fingerprint density at radius 1 is 1.23 bits per heavy atom. The molecule has 5 heteroatoms. The van der Waals surface area contributed by atoms with Gasteiger partial charge in [-0.25, -0.2) is 0 Å². The summed E-state index contributed by atoms with van der Waals surface area (Å²) in [6, 6.07) is 9.69. The zero-order valence-corrected chi connectivity index (χ0v) is 12.1. The summed E-state index contributed by atoms with van der Waals surface area (Å²) in [6.45, 7) is 2.41. The van der Waals surface area contributed by atoms with Crippen molar-refractivity contribution >= 4 is 5.91 Å². The molecule has 3 aromatic rings. The number of carbonyl (C=O) groups excluding carboxylic acids is 1. The van der Waals surface area contributed by atoms with Crippen LogP contribution in [-0.2, 0) is 6.54 Å². The minimum Gasteiger partial charge on any atom is -0.345 e. The molecule has 0 bridgehead atoms. The first-order valence-electron chi connectivity index (χ1n) is 7.11. The molecule has 0 aromatic carbocycles. The summed E-state index contributed by atoms with van der Waals surface area (Å²) in [5, 5.41) is 2.88. The first-order chi connectivity index (χ1) is 10.7. The van der Waals surface area contributed by atoms with E-state index in [4.69, 9.17) is 0 Å². The van der Waals surface area contributed by atoms with Crippen molar-refractivity contribution < 1.29 is 4.79 Å². The number of carbonyl (C=O) groups is 1. The van der Waals surface area contributed by atoms with Crippen LogP contribution in [0, 0.1) is 6.92 Å².